The summed E-state index contributed by atoms with van der Waals surface area (Å²) in [4.78, 5) is 21.1. The first-order valence-electron chi connectivity index (χ1n) is 19.1. The number of thiophene rings is 1. The van der Waals surface area contributed by atoms with Gasteiger partial charge < -0.3 is 0 Å². The van der Waals surface area contributed by atoms with Gasteiger partial charge >= 0.3 is 0 Å². The summed E-state index contributed by atoms with van der Waals surface area (Å²) >= 11 is 1.77. The maximum atomic E-state index is 5.30. The van der Waals surface area contributed by atoms with Crippen LogP contribution < -0.4 is 0 Å². The Morgan fingerprint density at radius 1 is 0.500 bits per heavy atom. The molecule has 0 fully saturated rings. The average Bonchev–Trinajstić information content (AvgIpc) is 3.51. The predicted octanol–water partition coefficient (Wildman–Crippen LogP) is 13.3. The van der Waals surface area contributed by atoms with Gasteiger partial charge in [-0.3, -0.25) is 0 Å². The highest BCUT2D eigenvalue weighted by molar-refractivity contribution is 7.26. The zero-order chi connectivity index (χ0) is 37.3. The third-order valence-electron chi connectivity index (χ3n) is 10.4. The van der Waals surface area contributed by atoms with Crippen molar-refractivity contribution in [3.8, 4) is 33.6 Å². The summed E-state index contributed by atoms with van der Waals surface area (Å²) in [5.74, 6) is 1.42. The van der Waals surface area contributed by atoms with E-state index in [9.17, 15) is 0 Å². The number of aromatic nitrogens is 2. The van der Waals surface area contributed by atoms with E-state index in [1.165, 1.54) is 26.8 Å². The van der Waals surface area contributed by atoms with Crippen molar-refractivity contribution in [2.75, 3.05) is 0 Å². The van der Waals surface area contributed by atoms with Gasteiger partial charge in [0.15, 0.2) is 11.7 Å². The summed E-state index contributed by atoms with van der Waals surface area (Å²) in [6, 6.07) is 55.2. The lowest BCUT2D eigenvalue weighted by Gasteiger charge is -2.13. The van der Waals surface area contributed by atoms with E-state index in [4.69, 9.17) is 20.0 Å². The Bertz CT molecular complexity index is 2910. The molecule has 4 nitrogen and oxygen atoms in total. The van der Waals surface area contributed by atoms with Crippen LogP contribution in [0.4, 0.5) is 0 Å². The normalized spacial score (nSPS) is 14.2. The highest BCUT2D eigenvalue weighted by Gasteiger charge is 2.20. The lowest BCUT2D eigenvalue weighted by atomic mass is 9.95. The highest BCUT2D eigenvalue weighted by Crippen LogP contribution is 2.40. The Labute approximate surface area is 330 Å². The Morgan fingerprint density at radius 3 is 1.98 bits per heavy atom. The molecule has 8 aromatic rings. The molecule has 56 heavy (non-hydrogen) atoms. The van der Waals surface area contributed by atoms with Crippen LogP contribution in [0.1, 0.15) is 41.6 Å². The van der Waals surface area contributed by atoms with Gasteiger partial charge in [0.2, 0.25) is 0 Å². The van der Waals surface area contributed by atoms with Crippen molar-refractivity contribution in [3.05, 3.63) is 204 Å². The van der Waals surface area contributed by atoms with E-state index in [0.717, 1.165) is 79.4 Å². The molecule has 0 saturated heterocycles. The second kappa shape index (κ2) is 14.8. The number of amidine groups is 1. The largest absolute Gasteiger partial charge is 0.232 e. The Hall–Kier alpha value is -6.82. The van der Waals surface area contributed by atoms with Crippen LogP contribution in [0.15, 0.2) is 192 Å². The third kappa shape index (κ3) is 6.52. The summed E-state index contributed by atoms with van der Waals surface area (Å²) in [6.45, 7) is 0. The molecular formula is C51H36N4S. The van der Waals surface area contributed by atoms with Crippen LogP contribution in [-0.4, -0.2) is 21.5 Å². The third-order valence-corrected chi connectivity index (χ3v) is 11.6. The molecular weight excluding hydrogens is 701 g/mol. The predicted molar refractivity (Wildman–Crippen MR) is 236 cm³/mol. The average molecular weight is 737 g/mol. The summed E-state index contributed by atoms with van der Waals surface area (Å²) in [5, 5.41) is 1.17. The molecule has 0 radical (unpaired) electrons. The number of fused-ring (bicyclic) bond motifs is 3. The Morgan fingerprint density at radius 2 is 1.18 bits per heavy atom. The molecule has 0 amide bonds. The molecule has 1 aliphatic heterocycles. The second-order valence-corrected chi connectivity index (χ2v) is 15.1. The van der Waals surface area contributed by atoms with Crippen LogP contribution >= 0.6 is 11.3 Å². The topological polar surface area (TPSA) is 50.5 Å². The van der Waals surface area contributed by atoms with Gasteiger partial charge in [-0.05, 0) is 58.4 Å². The number of benzene rings is 6. The first-order chi connectivity index (χ1) is 27.7. The van der Waals surface area contributed by atoms with Gasteiger partial charge in [0, 0.05) is 33.2 Å². The number of hydrogen-bond acceptors (Lipinski definition) is 5. The van der Waals surface area contributed by atoms with Crippen LogP contribution in [0.3, 0.4) is 0 Å². The maximum absolute atomic E-state index is 5.30. The molecule has 3 heterocycles. The number of hydrogen-bond donors (Lipinski definition) is 0. The lowest BCUT2D eigenvalue weighted by Crippen LogP contribution is -2.05. The molecule has 0 atom stereocenters. The quantitative estimate of drug-likeness (QED) is 0.164. The number of rotatable bonds is 7. The zero-order valence-electron chi connectivity index (χ0n) is 30.6. The van der Waals surface area contributed by atoms with E-state index in [2.05, 4.69) is 158 Å². The first-order valence-corrected chi connectivity index (χ1v) is 19.9. The summed E-state index contributed by atoms with van der Waals surface area (Å²) in [5.41, 5.74) is 13.7. The molecule has 0 unspecified atom stereocenters. The Balaban J connectivity index is 1.05. The Kier molecular flexibility index (Phi) is 8.90. The van der Waals surface area contributed by atoms with Gasteiger partial charge in [-0.2, -0.15) is 0 Å². The SMILES string of the molecule is C1=CC(c2nc(-c3cccc(-c4ccccc4C4=CCC(c5ccc(-c6ccccc6)cc5)=NC(c5ccccc5)=N4)c3)nc3c2sc2ccccc23)=CCC1. The van der Waals surface area contributed by atoms with Crippen molar-refractivity contribution in [1.82, 2.24) is 9.97 Å². The fourth-order valence-corrected chi connectivity index (χ4v) is 8.75. The van der Waals surface area contributed by atoms with E-state index in [0.29, 0.717) is 12.3 Å². The fourth-order valence-electron chi connectivity index (χ4n) is 7.59. The van der Waals surface area contributed by atoms with Crippen LogP contribution in [0.5, 0.6) is 0 Å². The number of nitrogens with zero attached hydrogens (tertiary/aromatic N) is 4. The minimum atomic E-state index is 0.643. The van der Waals surface area contributed by atoms with Crippen LogP contribution in [-0.2, 0) is 0 Å². The summed E-state index contributed by atoms with van der Waals surface area (Å²) < 4.78 is 2.36. The maximum Gasteiger partial charge on any atom is 0.160 e. The smallest absolute Gasteiger partial charge is 0.160 e. The molecule has 0 bridgehead atoms. The van der Waals surface area contributed by atoms with Gasteiger partial charge in [-0.1, -0.05) is 170 Å². The molecule has 2 aliphatic rings. The number of allylic oxidation sites excluding steroid dienone is 5. The monoisotopic (exact) mass is 736 g/mol. The lowest BCUT2D eigenvalue weighted by molar-refractivity contribution is 1.04. The summed E-state index contributed by atoms with van der Waals surface area (Å²) in [7, 11) is 0. The molecule has 0 saturated carbocycles. The van der Waals surface area contributed by atoms with Crippen LogP contribution in [0, 0.1) is 0 Å². The van der Waals surface area contributed by atoms with Gasteiger partial charge in [0.05, 0.1) is 27.3 Å². The van der Waals surface area contributed by atoms with E-state index >= 15 is 0 Å². The van der Waals surface area contributed by atoms with E-state index in [-0.39, 0.29) is 0 Å². The molecule has 1 aliphatic carbocycles. The van der Waals surface area contributed by atoms with Gasteiger partial charge in [0.1, 0.15) is 0 Å². The molecule has 0 spiro atoms. The molecule has 10 rings (SSSR count). The second-order valence-electron chi connectivity index (χ2n) is 14.0. The van der Waals surface area contributed by atoms with Gasteiger partial charge in [-0.15, -0.1) is 11.3 Å². The van der Waals surface area contributed by atoms with Crippen molar-refractivity contribution in [2.45, 2.75) is 19.3 Å². The number of aliphatic imine (C=N–C) groups is 2. The molecule has 6 aromatic carbocycles. The van der Waals surface area contributed by atoms with Crippen molar-refractivity contribution < 1.29 is 0 Å². The van der Waals surface area contributed by atoms with Gasteiger partial charge in [0.25, 0.3) is 0 Å². The van der Waals surface area contributed by atoms with Crippen molar-refractivity contribution in [3.63, 3.8) is 0 Å². The first kappa shape index (κ1) is 33.7. The zero-order valence-corrected chi connectivity index (χ0v) is 31.5. The van der Waals surface area contributed by atoms with E-state index in [1.807, 2.05) is 24.3 Å². The van der Waals surface area contributed by atoms with Crippen LogP contribution in [0.25, 0.3) is 65.2 Å². The van der Waals surface area contributed by atoms with Crippen molar-refractivity contribution in [2.24, 2.45) is 9.98 Å². The minimum Gasteiger partial charge on any atom is -0.232 e. The highest BCUT2D eigenvalue weighted by atomic mass is 32.1. The molecule has 5 heteroatoms. The van der Waals surface area contributed by atoms with Gasteiger partial charge in [-0.25, -0.2) is 20.0 Å². The minimum absolute atomic E-state index is 0.643. The fraction of sp³-hybridized carbons (Fsp3) is 0.0588. The van der Waals surface area contributed by atoms with E-state index in [1.54, 1.807) is 11.3 Å². The molecule has 266 valence electrons. The van der Waals surface area contributed by atoms with Crippen molar-refractivity contribution >= 4 is 54.5 Å². The molecule has 0 N–H and O–H groups in total. The van der Waals surface area contributed by atoms with E-state index < -0.39 is 0 Å². The molecule has 2 aromatic heterocycles. The summed E-state index contributed by atoms with van der Waals surface area (Å²) in [6.07, 6.45) is 11.7. The van der Waals surface area contributed by atoms with Crippen LogP contribution in [0.2, 0.25) is 0 Å². The van der Waals surface area contributed by atoms with Crippen molar-refractivity contribution in [1.29, 1.82) is 0 Å². The standard InChI is InChI=1S/C51H36N4S/c1-4-15-34(16-5-1)35-27-29-36(30-28-35)44-31-32-45(53-50(52-44)38-19-8-3-9-20-38)42-24-11-10-23-41(42)39-21-14-22-40(33-39)51-54-47(37-17-6-2-7-18-37)49-48(55-51)43-25-12-13-26-46(43)56-49/h1,3-6,8-30,32-33H,2,7,31H2.